The lowest BCUT2D eigenvalue weighted by atomic mass is 10.0. The Morgan fingerprint density at radius 3 is 2.50 bits per heavy atom. The molecule has 106 valence electrons. The zero-order valence-electron chi connectivity index (χ0n) is 11.7. The molecule has 1 unspecified atom stereocenters. The Morgan fingerprint density at radius 2 is 1.75 bits per heavy atom. The number of aliphatic hydroxyl groups excluding tert-OH is 1. The molecule has 0 aliphatic carbocycles. The van der Waals surface area contributed by atoms with E-state index in [2.05, 4.69) is 0 Å². The fraction of sp³-hybridized carbons (Fsp3) is 0.294. The number of ether oxygens (including phenoxy) is 2. The molecule has 0 aromatic heterocycles. The lowest BCUT2D eigenvalue weighted by molar-refractivity contribution is 0.136. The lowest BCUT2D eigenvalue weighted by Crippen LogP contribution is -2.00. The Bertz CT molecular complexity index is 511. The van der Waals surface area contributed by atoms with Gasteiger partial charge in [0.2, 0.25) is 0 Å². The summed E-state index contributed by atoms with van der Waals surface area (Å²) < 4.78 is 10.8. The third-order valence-corrected chi connectivity index (χ3v) is 3.05. The van der Waals surface area contributed by atoms with Crippen molar-refractivity contribution in [1.29, 1.82) is 0 Å². The number of rotatable bonds is 7. The van der Waals surface area contributed by atoms with Crippen LogP contribution in [0.15, 0.2) is 54.6 Å². The first-order valence-corrected chi connectivity index (χ1v) is 6.79. The van der Waals surface area contributed by atoms with Crippen molar-refractivity contribution >= 4 is 0 Å². The molecule has 2 rings (SSSR count). The van der Waals surface area contributed by atoms with Crippen LogP contribution in [0.5, 0.6) is 11.5 Å². The fourth-order valence-corrected chi connectivity index (χ4v) is 2.00. The standard InChI is InChI=1S/C17H20O3/c1-19-12-6-11-17(18)14-7-5-10-16(13-14)20-15-8-3-2-4-9-15/h2-5,7-10,13,17-18H,6,11-12H2,1H3. The summed E-state index contributed by atoms with van der Waals surface area (Å²) in [6.45, 7) is 0.664. The molecule has 0 saturated carbocycles. The van der Waals surface area contributed by atoms with Crippen molar-refractivity contribution in [1.82, 2.24) is 0 Å². The summed E-state index contributed by atoms with van der Waals surface area (Å²) in [5.41, 5.74) is 0.870. The molecule has 0 bridgehead atoms. The summed E-state index contributed by atoms with van der Waals surface area (Å²) in [7, 11) is 1.67. The predicted molar refractivity (Wildman–Crippen MR) is 79.0 cm³/mol. The molecule has 2 aromatic rings. The van der Waals surface area contributed by atoms with Crippen LogP contribution in [0.1, 0.15) is 24.5 Å². The van der Waals surface area contributed by atoms with Crippen LogP contribution in [-0.2, 0) is 4.74 Å². The second kappa shape index (κ2) is 7.68. The molecule has 3 nitrogen and oxygen atoms in total. The topological polar surface area (TPSA) is 38.7 Å². The van der Waals surface area contributed by atoms with E-state index >= 15 is 0 Å². The second-order valence-electron chi connectivity index (χ2n) is 4.64. The van der Waals surface area contributed by atoms with Gasteiger partial charge in [-0.2, -0.15) is 0 Å². The van der Waals surface area contributed by atoms with Crippen molar-refractivity contribution in [2.75, 3.05) is 13.7 Å². The first-order chi connectivity index (χ1) is 9.79. The van der Waals surface area contributed by atoms with Crippen LogP contribution in [0.2, 0.25) is 0 Å². The zero-order valence-corrected chi connectivity index (χ0v) is 11.7. The minimum atomic E-state index is -0.482. The minimum absolute atomic E-state index is 0.482. The maximum atomic E-state index is 10.1. The Hall–Kier alpha value is -1.84. The molecule has 0 fully saturated rings. The fourth-order valence-electron chi connectivity index (χ4n) is 2.00. The van der Waals surface area contributed by atoms with E-state index in [4.69, 9.17) is 9.47 Å². The summed E-state index contributed by atoms with van der Waals surface area (Å²) in [5.74, 6) is 1.53. The molecule has 0 amide bonds. The number of methoxy groups -OCH3 is 1. The SMILES string of the molecule is COCCCC(O)c1cccc(Oc2ccccc2)c1. The van der Waals surface area contributed by atoms with Crippen LogP contribution in [0, 0.1) is 0 Å². The van der Waals surface area contributed by atoms with Gasteiger partial charge in [0.25, 0.3) is 0 Å². The van der Waals surface area contributed by atoms with Crippen LogP contribution < -0.4 is 4.74 Å². The Kier molecular flexibility index (Phi) is 5.59. The quantitative estimate of drug-likeness (QED) is 0.776. The van der Waals surface area contributed by atoms with E-state index in [0.717, 1.165) is 23.5 Å². The monoisotopic (exact) mass is 272 g/mol. The van der Waals surface area contributed by atoms with E-state index in [1.807, 2.05) is 54.6 Å². The maximum Gasteiger partial charge on any atom is 0.127 e. The van der Waals surface area contributed by atoms with Crippen molar-refractivity contribution in [3.63, 3.8) is 0 Å². The Labute approximate surface area is 119 Å². The van der Waals surface area contributed by atoms with Gasteiger partial charge in [-0.05, 0) is 42.7 Å². The van der Waals surface area contributed by atoms with Gasteiger partial charge >= 0.3 is 0 Å². The smallest absolute Gasteiger partial charge is 0.127 e. The van der Waals surface area contributed by atoms with E-state index in [9.17, 15) is 5.11 Å². The van der Waals surface area contributed by atoms with Gasteiger partial charge in [-0.15, -0.1) is 0 Å². The molecule has 0 saturated heterocycles. The third-order valence-electron chi connectivity index (χ3n) is 3.05. The van der Waals surface area contributed by atoms with Crippen molar-refractivity contribution in [3.05, 3.63) is 60.2 Å². The summed E-state index contributed by atoms with van der Waals surface area (Å²) in [6, 6.07) is 17.2. The first-order valence-electron chi connectivity index (χ1n) is 6.79. The summed E-state index contributed by atoms with van der Waals surface area (Å²) in [5, 5.41) is 10.1. The average Bonchev–Trinajstić information content (AvgIpc) is 2.49. The number of hydrogen-bond acceptors (Lipinski definition) is 3. The second-order valence-corrected chi connectivity index (χ2v) is 4.64. The maximum absolute atomic E-state index is 10.1. The minimum Gasteiger partial charge on any atom is -0.457 e. The highest BCUT2D eigenvalue weighted by Crippen LogP contribution is 2.26. The van der Waals surface area contributed by atoms with Crippen LogP contribution in [-0.4, -0.2) is 18.8 Å². The van der Waals surface area contributed by atoms with Crippen molar-refractivity contribution in [2.45, 2.75) is 18.9 Å². The van der Waals surface area contributed by atoms with Gasteiger partial charge in [0.15, 0.2) is 0 Å². The van der Waals surface area contributed by atoms with Crippen molar-refractivity contribution in [3.8, 4) is 11.5 Å². The summed E-state index contributed by atoms with van der Waals surface area (Å²) in [4.78, 5) is 0. The summed E-state index contributed by atoms with van der Waals surface area (Å²) >= 11 is 0. The molecule has 20 heavy (non-hydrogen) atoms. The van der Waals surface area contributed by atoms with Gasteiger partial charge < -0.3 is 14.6 Å². The first kappa shape index (κ1) is 14.6. The molecule has 1 N–H and O–H groups in total. The van der Waals surface area contributed by atoms with Crippen LogP contribution in [0.25, 0.3) is 0 Å². The Morgan fingerprint density at radius 1 is 1.00 bits per heavy atom. The average molecular weight is 272 g/mol. The predicted octanol–water partition coefficient (Wildman–Crippen LogP) is 3.94. The van der Waals surface area contributed by atoms with Gasteiger partial charge in [0.05, 0.1) is 6.10 Å². The van der Waals surface area contributed by atoms with E-state index in [-0.39, 0.29) is 0 Å². The number of aliphatic hydroxyl groups is 1. The normalized spacial score (nSPS) is 12.1. The highest BCUT2D eigenvalue weighted by Gasteiger charge is 2.08. The molecule has 0 aliphatic rings. The van der Waals surface area contributed by atoms with E-state index in [1.54, 1.807) is 7.11 Å². The molecule has 1 atom stereocenters. The number of hydrogen-bond donors (Lipinski definition) is 1. The number of benzene rings is 2. The zero-order chi connectivity index (χ0) is 14.2. The molecular formula is C17H20O3. The van der Waals surface area contributed by atoms with Crippen LogP contribution >= 0.6 is 0 Å². The molecule has 3 heteroatoms. The largest absolute Gasteiger partial charge is 0.457 e. The van der Waals surface area contributed by atoms with Gasteiger partial charge in [-0.25, -0.2) is 0 Å². The molecule has 0 radical (unpaired) electrons. The lowest BCUT2D eigenvalue weighted by Gasteiger charge is -2.12. The van der Waals surface area contributed by atoms with Crippen molar-refractivity contribution < 1.29 is 14.6 Å². The van der Waals surface area contributed by atoms with Gasteiger partial charge in [0.1, 0.15) is 11.5 Å². The number of para-hydroxylation sites is 1. The van der Waals surface area contributed by atoms with Crippen LogP contribution in [0.4, 0.5) is 0 Å². The molecule has 0 heterocycles. The highest BCUT2D eigenvalue weighted by molar-refractivity contribution is 5.34. The van der Waals surface area contributed by atoms with E-state index < -0.39 is 6.10 Å². The van der Waals surface area contributed by atoms with Gasteiger partial charge in [0, 0.05) is 13.7 Å². The van der Waals surface area contributed by atoms with E-state index in [0.29, 0.717) is 13.0 Å². The molecule has 2 aromatic carbocycles. The summed E-state index contributed by atoms with van der Waals surface area (Å²) in [6.07, 6.45) is 1.04. The highest BCUT2D eigenvalue weighted by atomic mass is 16.5. The molecule has 0 aliphatic heterocycles. The molecule has 0 spiro atoms. The van der Waals surface area contributed by atoms with Crippen molar-refractivity contribution in [2.24, 2.45) is 0 Å². The van der Waals surface area contributed by atoms with Crippen LogP contribution in [0.3, 0.4) is 0 Å². The van der Waals surface area contributed by atoms with Gasteiger partial charge in [-0.1, -0.05) is 30.3 Å². The van der Waals surface area contributed by atoms with Gasteiger partial charge in [-0.3, -0.25) is 0 Å². The third kappa shape index (κ3) is 4.37. The van der Waals surface area contributed by atoms with E-state index in [1.165, 1.54) is 0 Å². The molecular weight excluding hydrogens is 252 g/mol. The Balaban J connectivity index is 2.00.